The summed E-state index contributed by atoms with van der Waals surface area (Å²) in [5, 5.41) is 2.86. The fourth-order valence-electron chi connectivity index (χ4n) is 2.11. The Morgan fingerprint density at radius 3 is 2.65 bits per heavy atom. The van der Waals surface area contributed by atoms with E-state index in [-0.39, 0.29) is 5.91 Å². The Morgan fingerprint density at radius 1 is 1.05 bits per heavy atom. The highest BCUT2D eigenvalue weighted by Gasteiger charge is 2.13. The lowest BCUT2D eigenvalue weighted by atomic mass is 10.1. The summed E-state index contributed by atoms with van der Waals surface area (Å²) < 4.78 is 10.9. The lowest BCUT2D eigenvalue weighted by Gasteiger charge is -2.19. The van der Waals surface area contributed by atoms with Crippen LogP contribution < -0.4 is 14.8 Å². The number of carbonyl (C=O) groups excluding carboxylic acids is 1. The minimum atomic E-state index is -0.134. The molecule has 20 heavy (non-hydrogen) atoms. The Balaban J connectivity index is 1.79. The van der Waals surface area contributed by atoms with Gasteiger partial charge in [-0.15, -0.1) is 0 Å². The van der Waals surface area contributed by atoms with Crippen molar-refractivity contribution in [1.29, 1.82) is 0 Å². The lowest BCUT2D eigenvalue weighted by Crippen LogP contribution is -2.16. The molecule has 4 nitrogen and oxygen atoms in total. The quantitative estimate of drug-likeness (QED) is 0.911. The first-order valence-corrected chi connectivity index (χ1v) is 6.50. The minimum Gasteiger partial charge on any atom is -0.486 e. The minimum absolute atomic E-state index is 0.134. The number of anilines is 1. The van der Waals surface area contributed by atoms with Crippen molar-refractivity contribution in [3.8, 4) is 11.5 Å². The van der Waals surface area contributed by atoms with Crippen molar-refractivity contribution in [3.63, 3.8) is 0 Å². The number of ether oxygens (including phenoxy) is 2. The maximum absolute atomic E-state index is 12.2. The van der Waals surface area contributed by atoms with E-state index >= 15 is 0 Å². The third-order valence-electron chi connectivity index (χ3n) is 3.08. The van der Waals surface area contributed by atoms with Gasteiger partial charge in [0.1, 0.15) is 13.2 Å². The number of nitrogens with one attached hydrogen (secondary N) is 1. The van der Waals surface area contributed by atoms with E-state index in [0.29, 0.717) is 36.0 Å². The van der Waals surface area contributed by atoms with Gasteiger partial charge in [0, 0.05) is 17.3 Å². The molecular weight excluding hydrogens is 254 g/mol. The zero-order chi connectivity index (χ0) is 13.9. The normalized spacial score (nSPS) is 12.8. The number of carbonyl (C=O) groups is 1. The molecule has 1 amide bonds. The number of amides is 1. The molecule has 4 heteroatoms. The first-order valence-electron chi connectivity index (χ1n) is 6.50. The van der Waals surface area contributed by atoms with E-state index in [9.17, 15) is 4.79 Å². The van der Waals surface area contributed by atoms with Crippen LogP contribution in [0, 0.1) is 6.92 Å². The van der Waals surface area contributed by atoms with E-state index in [1.54, 1.807) is 24.3 Å². The van der Waals surface area contributed by atoms with Crippen LogP contribution in [0.4, 0.5) is 5.69 Å². The topological polar surface area (TPSA) is 47.6 Å². The Morgan fingerprint density at radius 2 is 1.85 bits per heavy atom. The van der Waals surface area contributed by atoms with Crippen LogP contribution in [0.2, 0.25) is 0 Å². The average molecular weight is 269 g/mol. The highest BCUT2D eigenvalue weighted by molar-refractivity contribution is 6.04. The van der Waals surface area contributed by atoms with Gasteiger partial charge in [-0.3, -0.25) is 4.79 Å². The molecule has 0 saturated carbocycles. The van der Waals surface area contributed by atoms with Crippen LogP contribution in [0.15, 0.2) is 42.5 Å². The number of aryl methyl sites for hydroxylation is 1. The van der Waals surface area contributed by atoms with Gasteiger partial charge < -0.3 is 14.8 Å². The zero-order valence-electron chi connectivity index (χ0n) is 11.2. The van der Waals surface area contributed by atoms with Gasteiger partial charge in [0.15, 0.2) is 11.5 Å². The standard InChI is InChI=1S/C16H15NO3/c1-11-3-2-4-12(9-11)16(18)17-13-5-6-14-15(10-13)20-8-7-19-14/h2-6,9-10H,7-8H2,1H3,(H,17,18). The third-order valence-corrected chi connectivity index (χ3v) is 3.08. The Bertz CT molecular complexity index is 652. The molecule has 1 aliphatic heterocycles. The van der Waals surface area contributed by atoms with Crippen LogP contribution in [0.1, 0.15) is 15.9 Å². The smallest absolute Gasteiger partial charge is 0.255 e. The van der Waals surface area contributed by atoms with E-state index in [1.165, 1.54) is 0 Å². The Hall–Kier alpha value is -2.49. The van der Waals surface area contributed by atoms with Gasteiger partial charge in [-0.05, 0) is 31.2 Å². The summed E-state index contributed by atoms with van der Waals surface area (Å²) >= 11 is 0. The van der Waals surface area contributed by atoms with Crippen LogP contribution in [-0.4, -0.2) is 19.1 Å². The first-order chi connectivity index (χ1) is 9.72. The molecule has 0 aliphatic carbocycles. The maximum atomic E-state index is 12.2. The molecule has 0 unspecified atom stereocenters. The Labute approximate surface area is 117 Å². The van der Waals surface area contributed by atoms with Crippen molar-refractivity contribution in [3.05, 3.63) is 53.6 Å². The van der Waals surface area contributed by atoms with Gasteiger partial charge in [-0.2, -0.15) is 0 Å². The van der Waals surface area contributed by atoms with E-state index in [0.717, 1.165) is 5.56 Å². The number of hydrogen-bond donors (Lipinski definition) is 1. The molecule has 2 aromatic rings. The number of fused-ring (bicyclic) bond motifs is 1. The van der Waals surface area contributed by atoms with Crippen molar-refractivity contribution in [2.45, 2.75) is 6.92 Å². The average Bonchev–Trinajstić information content (AvgIpc) is 2.47. The summed E-state index contributed by atoms with van der Waals surface area (Å²) in [5.74, 6) is 1.24. The molecule has 102 valence electrons. The molecule has 0 saturated heterocycles. The van der Waals surface area contributed by atoms with Crippen LogP contribution in [0.5, 0.6) is 11.5 Å². The fraction of sp³-hybridized carbons (Fsp3) is 0.188. The van der Waals surface area contributed by atoms with Crippen LogP contribution in [0.25, 0.3) is 0 Å². The van der Waals surface area contributed by atoms with Gasteiger partial charge in [-0.1, -0.05) is 17.7 Å². The van der Waals surface area contributed by atoms with Gasteiger partial charge >= 0.3 is 0 Å². The first kappa shape index (κ1) is 12.5. The third kappa shape index (κ3) is 2.59. The molecule has 2 aromatic carbocycles. The number of benzene rings is 2. The lowest BCUT2D eigenvalue weighted by molar-refractivity contribution is 0.102. The van der Waals surface area contributed by atoms with Crippen molar-refractivity contribution >= 4 is 11.6 Å². The second-order valence-electron chi connectivity index (χ2n) is 4.68. The molecule has 1 N–H and O–H groups in total. The van der Waals surface area contributed by atoms with Crippen molar-refractivity contribution < 1.29 is 14.3 Å². The number of rotatable bonds is 2. The van der Waals surface area contributed by atoms with E-state index in [4.69, 9.17) is 9.47 Å². The summed E-state index contributed by atoms with van der Waals surface area (Å²) in [6.45, 7) is 3.05. The van der Waals surface area contributed by atoms with E-state index in [1.807, 2.05) is 25.1 Å². The van der Waals surface area contributed by atoms with Crippen LogP contribution >= 0.6 is 0 Å². The van der Waals surface area contributed by atoms with Crippen LogP contribution in [-0.2, 0) is 0 Å². The molecule has 0 fully saturated rings. The zero-order valence-corrected chi connectivity index (χ0v) is 11.2. The summed E-state index contributed by atoms with van der Waals surface area (Å²) in [5.41, 5.74) is 2.39. The summed E-state index contributed by atoms with van der Waals surface area (Å²) in [6, 6.07) is 12.9. The largest absolute Gasteiger partial charge is 0.486 e. The van der Waals surface area contributed by atoms with Crippen LogP contribution in [0.3, 0.4) is 0 Å². The monoisotopic (exact) mass is 269 g/mol. The SMILES string of the molecule is Cc1cccc(C(=O)Nc2ccc3c(c2)OCCO3)c1. The van der Waals surface area contributed by atoms with Gasteiger partial charge in [-0.25, -0.2) is 0 Å². The molecule has 1 aliphatic rings. The van der Waals surface area contributed by atoms with Gasteiger partial charge in [0.25, 0.3) is 5.91 Å². The van der Waals surface area contributed by atoms with E-state index in [2.05, 4.69) is 5.32 Å². The molecule has 1 heterocycles. The highest BCUT2D eigenvalue weighted by Crippen LogP contribution is 2.32. The molecule has 0 atom stereocenters. The molecule has 0 aromatic heterocycles. The predicted molar refractivity (Wildman–Crippen MR) is 76.6 cm³/mol. The van der Waals surface area contributed by atoms with Gasteiger partial charge in [0.2, 0.25) is 0 Å². The summed E-state index contributed by atoms with van der Waals surface area (Å²) in [7, 11) is 0. The molecular formula is C16H15NO3. The Kier molecular flexibility index (Phi) is 3.29. The maximum Gasteiger partial charge on any atom is 0.255 e. The molecule has 0 spiro atoms. The second kappa shape index (κ2) is 5.25. The molecule has 0 radical (unpaired) electrons. The van der Waals surface area contributed by atoms with Crippen molar-refractivity contribution in [2.24, 2.45) is 0 Å². The van der Waals surface area contributed by atoms with E-state index < -0.39 is 0 Å². The second-order valence-corrected chi connectivity index (χ2v) is 4.68. The summed E-state index contributed by atoms with van der Waals surface area (Å²) in [4.78, 5) is 12.2. The fourth-order valence-corrected chi connectivity index (χ4v) is 2.11. The molecule has 3 rings (SSSR count). The highest BCUT2D eigenvalue weighted by atomic mass is 16.6. The summed E-state index contributed by atoms with van der Waals surface area (Å²) in [6.07, 6.45) is 0. The van der Waals surface area contributed by atoms with Crippen molar-refractivity contribution in [2.75, 3.05) is 18.5 Å². The molecule has 0 bridgehead atoms. The predicted octanol–water partition coefficient (Wildman–Crippen LogP) is 3.02. The van der Waals surface area contributed by atoms with Gasteiger partial charge in [0.05, 0.1) is 0 Å². The number of hydrogen-bond acceptors (Lipinski definition) is 3. The van der Waals surface area contributed by atoms with Crippen molar-refractivity contribution in [1.82, 2.24) is 0 Å².